The molecule has 1 aliphatic heterocycles. The van der Waals surface area contributed by atoms with E-state index in [1.54, 1.807) is 23.1 Å². The van der Waals surface area contributed by atoms with Crippen LogP contribution in [0.5, 0.6) is 0 Å². The summed E-state index contributed by atoms with van der Waals surface area (Å²) in [6, 6.07) is 7.56. The zero-order valence-electron chi connectivity index (χ0n) is 12.5. The fourth-order valence-electron chi connectivity index (χ4n) is 2.53. The first-order chi connectivity index (χ1) is 11.1. The van der Waals surface area contributed by atoms with Crippen LogP contribution in [0.15, 0.2) is 47.3 Å². The van der Waals surface area contributed by atoms with E-state index in [0.717, 1.165) is 0 Å². The van der Waals surface area contributed by atoms with Gasteiger partial charge in [-0.25, -0.2) is 4.39 Å². The molecule has 1 aliphatic rings. The predicted octanol–water partition coefficient (Wildman–Crippen LogP) is 2.44. The third kappa shape index (κ3) is 3.61. The minimum absolute atomic E-state index is 0.112. The van der Waals surface area contributed by atoms with E-state index in [2.05, 4.69) is 11.8 Å². The second kappa shape index (κ2) is 6.27. The molecule has 2 aromatic rings. The second-order valence-electron chi connectivity index (χ2n) is 5.60. The maximum atomic E-state index is 13.1. The van der Waals surface area contributed by atoms with Gasteiger partial charge in [0.1, 0.15) is 17.7 Å². The third-order valence-corrected chi connectivity index (χ3v) is 3.91. The Kier molecular flexibility index (Phi) is 4.18. The summed E-state index contributed by atoms with van der Waals surface area (Å²) in [7, 11) is 0. The topological polar surface area (TPSA) is 53.7 Å². The van der Waals surface area contributed by atoms with Crippen LogP contribution in [0.3, 0.4) is 0 Å². The Balaban J connectivity index is 1.65. The molecule has 118 valence electrons. The lowest BCUT2D eigenvalue weighted by atomic mass is 9.91. The molecule has 2 heterocycles. The molecule has 0 aliphatic carbocycles. The molecule has 23 heavy (non-hydrogen) atoms. The quantitative estimate of drug-likeness (QED) is 0.823. The number of carbonyl (C=O) groups excluding carboxylic acids is 1. The van der Waals surface area contributed by atoms with Gasteiger partial charge in [-0.15, -0.1) is 0 Å². The number of nitrogens with zero attached hydrogens (tertiary/aromatic N) is 1. The maximum absolute atomic E-state index is 13.1. The number of aliphatic hydroxyl groups is 1. The van der Waals surface area contributed by atoms with Crippen LogP contribution in [0.4, 0.5) is 4.39 Å². The monoisotopic (exact) mass is 313 g/mol. The fourth-order valence-corrected chi connectivity index (χ4v) is 2.53. The van der Waals surface area contributed by atoms with Crippen LogP contribution in [0.1, 0.15) is 28.8 Å². The number of piperidine rings is 1. The van der Waals surface area contributed by atoms with E-state index >= 15 is 0 Å². The summed E-state index contributed by atoms with van der Waals surface area (Å²) in [6.07, 6.45) is 3.59. The Morgan fingerprint density at radius 1 is 1.30 bits per heavy atom. The van der Waals surface area contributed by atoms with Gasteiger partial charge >= 0.3 is 0 Å². The molecule has 1 aromatic heterocycles. The van der Waals surface area contributed by atoms with Gasteiger partial charge in [-0.05, 0) is 24.3 Å². The number of likely N-dealkylation sites (tertiary alicyclic amines) is 1. The summed E-state index contributed by atoms with van der Waals surface area (Å²) < 4.78 is 18.0. The molecule has 0 saturated carbocycles. The van der Waals surface area contributed by atoms with Gasteiger partial charge in [0.2, 0.25) is 0 Å². The Hall–Kier alpha value is -2.58. The van der Waals surface area contributed by atoms with Crippen molar-refractivity contribution in [2.24, 2.45) is 0 Å². The summed E-state index contributed by atoms with van der Waals surface area (Å²) in [6.45, 7) is 0.830. The van der Waals surface area contributed by atoms with Gasteiger partial charge < -0.3 is 14.4 Å². The Morgan fingerprint density at radius 3 is 2.74 bits per heavy atom. The molecular weight excluding hydrogens is 297 g/mol. The van der Waals surface area contributed by atoms with Gasteiger partial charge in [-0.3, -0.25) is 4.79 Å². The first kappa shape index (κ1) is 15.3. The van der Waals surface area contributed by atoms with Crippen LogP contribution in [0.2, 0.25) is 0 Å². The van der Waals surface area contributed by atoms with Crippen LogP contribution < -0.4 is 0 Å². The molecule has 0 unspecified atom stereocenters. The highest BCUT2D eigenvalue weighted by Crippen LogP contribution is 2.23. The number of hydrogen-bond acceptors (Lipinski definition) is 3. The first-order valence-corrected chi connectivity index (χ1v) is 7.38. The third-order valence-electron chi connectivity index (χ3n) is 3.91. The van der Waals surface area contributed by atoms with Crippen molar-refractivity contribution in [2.45, 2.75) is 18.4 Å². The van der Waals surface area contributed by atoms with Crippen molar-refractivity contribution in [3.63, 3.8) is 0 Å². The number of hydrogen-bond donors (Lipinski definition) is 1. The van der Waals surface area contributed by atoms with E-state index < -0.39 is 5.60 Å². The zero-order valence-corrected chi connectivity index (χ0v) is 12.5. The van der Waals surface area contributed by atoms with Gasteiger partial charge in [0.25, 0.3) is 5.91 Å². The number of halogens is 1. The van der Waals surface area contributed by atoms with Crippen molar-refractivity contribution in [3.8, 4) is 11.8 Å². The average Bonchev–Trinajstić information content (AvgIpc) is 3.08. The van der Waals surface area contributed by atoms with Crippen LogP contribution >= 0.6 is 0 Å². The Morgan fingerprint density at radius 2 is 2.09 bits per heavy atom. The Bertz CT molecular complexity index is 750. The molecule has 0 bridgehead atoms. The summed E-state index contributed by atoms with van der Waals surface area (Å²) >= 11 is 0. The summed E-state index contributed by atoms with van der Waals surface area (Å²) in [4.78, 5) is 13.9. The van der Waals surface area contributed by atoms with Crippen molar-refractivity contribution in [2.75, 3.05) is 13.1 Å². The highest BCUT2D eigenvalue weighted by atomic mass is 19.1. The Labute approximate surface area is 133 Å². The van der Waals surface area contributed by atoms with Gasteiger partial charge in [-0.2, -0.15) is 0 Å². The van der Waals surface area contributed by atoms with E-state index in [9.17, 15) is 14.3 Å². The van der Waals surface area contributed by atoms with Crippen molar-refractivity contribution in [3.05, 3.63) is 59.8 Å². The van der Waals surface area contributed by atoms with Gasteiger partial charge in [0.15, 0.2) is 0 Å². The minimum atomic E-state index is -1.15. The average molecular weight is 313 g/mol. The lowest BCUT2D eigenvalue weighted by Crippen LogP contribution is -2.46. The SMILES string of the molecule is O=C(c1ccoc1)N1CCC(O)(C#Cc2cccc(F)c2)CC1. The number of rotatable bonds is 1. The highest BCUT2D eigenvalue weighted by molar-refractivity contribution is 5.93. The van der Waals surface area contributed by atoms with E-state index in [1.165, 1.54) is 24.7 Å². The number of carbonyl (C=O) groups is 1. The van der Waals surface area contributed by atoms with E-state index in [1.807, 2.05) is 0 Å². The molecule has 1 amide bonds. The van der Waals surface area contributed by atoms with Crippen molar-refractivity contribution in [1.82, 2.24) is 4.90 Å². The smallest absolute Gasteiger partial charge is 0.257 e. The molecule has 0 atom stereocenters. The normalized spacial score (nSPS) is 16.5. The molecule has 1 fully saturated rings. The first-order valence-electron chi connectivity index (χ1n) is 7.38. The van der Waals surface area contributed by atoms with Crippen molar-refractivity contribution >= 4 is 5.91 Å². The lowest BCUT2D eigenvalue weighted by molar-refractivity contribution is 0.0248. The summed E-state index contributed by atoms with van der Waals surface area (Å²) in [5, 5.41) is 10.5. The molecule has 5 heteroatoms. The minimum Gasteiger partial charge on any atom is -0.472 e. The standard InChI is InChI=1S/C18H16FNO3/c19-16-3-1-2-14(12-16)4-6-18(22)7-9-20(10-8-18)17(21)15-5-11-23-13-15/h1-3,5,11-13,22H,7-10H2. The van der Waals surface area contributed by atoms with Gasteiger partial charge in [0, 0.05) is 31.5 Å². The van der Waals surface area contributed by atoms with Crippen molar-refractivity contribution in [1.29, 1.82) is 0 Å². The van der Waals surface area contributed by atoms with E-state index in [4.69, 9.17) is 4.42 Å². The van der Waals surface area contributed by atoms with Crippen LogP contribution in [0, 0.1) is 17.7 Å². The van der Waals surface area contributed by atoms with Crippen LogP contribution in [-0.2, 0) is 0 Å². The highest BCUT2D eigenvalue weighted by Gasteiger charge is 2.32. The molecule has 1 N–H and O–H groups in total. The molecule has 3 rings (SSSR count). The van der Waals surface area contributed by atoms with Crippen LogP contribution in [0.25, 0.3) is 0 Å². The van der Waals surface area contributed by atoms with E-state index in [0.29, 0.717) is 37.1 Å². The summed E-state index contributed by atoms with van der Waals surface area (Å²) in [5.41, 5.74) is -0.129. The second-order valence-corrected chi connectivity index (χ2v) is 5.60. The summed E-state index contributed by atoms with van der Waals surface area (Å²) in [5.74, 6) is 5.16. The predicted molar refractivity (Wildman–Crippen MR) is 82.1 cm³/mol. The lowest BCUT2D eigenvalue weighted by Gasteiger charge is -2.34. The van der Waals surface area contributed by atoms with Gasteiger partial charge in [0.05, 0.1) is 11.8 Å². The molecule has 0 spiro atoms. The fraction of sp³-hybridized carbons (Fsp3) is 0.278. The van der Waals surface area contributed by atoms with Crippen LogP contribution in [-0.4, -0.2) is 34.6 Å². The molecule has 0 radical (unpaired) electrons. The van der Waals surface area contributed by atoms with Crippen molar-refractivity contribution < 1.29 is 18.7 Å². The maximum Gasteiger partial charge on any atom is 0.257 e. The number of amides is 1. The number of furan rings is 1. The molecule has 1 aromatic carbocycles. The molecular formula is C18H16FNO3. The largest absolute Gasteiger partial charge is 0.472 e. The number of benzene rings is 1. The van der Waals surface area contributed by atoms with E-state index in [-0.39, 0.29) is 11.7 Å². The van der Waals surface area contributed by atoms with Gasteiger partial charge in [-0.1, -0.05) is 17.9 Å². The zero-order chi connectivity index (χ0) is 16.3. The molecule has 4 nitrogen and oxygen atoms in total. The molecule has 1 saturated heterocycles.